The van der Waals surface area contributed by atoms with Crippen molar-refractivity contribution in [2.45, 2.75) is 0 Å². The predicted octanol–water partition coefficient (Wildman–Crippen LogP) is 17.7. The standard InChI is InChI=1S/C60H39NS/c1-2-15-40(16-3-1)49-26-11-18-43-19-12-29-54(59(43)49)53-23-6-8-30-56(53)61(46-21-10-20-44(39-46)50-27-14-32-58-60(50)55-24-7-9-31-57(55)62-58)45-36-33-42(34-37-45)48-25-13-28-51-47-22-5-4-17-41(47)35-38-52(48)51/h1-39H. The van der Waals surface area contributed by atoms with Crippen LogP contribution in [0.2, 0.25) is 0 Å². The van der Waals surface area contributed by atoms with E-state index in [0.717, 1.165) is 17.1 Å². The minimum Gasteiger partial charge on any atom is -0.310 e. The van der Waals surface area contributed by atoms with Crippen LogP contribution in [0.4, 0.5) is 17.1 Å². The highest BCUT2D eigenvalue weighted by atomic mass is 32.1. The summed E-state index contributed by atoms with van der Waals surface area (Å²) in [6, 6.07) is 86.8. The van der Waals surface area contributed by atoms with Gasteiger partial charge in [-0.3, -0.25) is 0 Å². The summed E-state index contributed by atoms with van der Waals surface area (Å²) in [6.45, 7) is 0. The summed E-state index contributed by atoms with van der Waals surface area (Å²) in [4.78, 5) is 2.45. The highest BCUT2D eigenvalue weighted by molar-refractivity contribution is 7.25. The topological polar surface area (TPSA) is 3.24 Å². The second kappa shape index (κ2) is 15.0. The second-order valence-corrected chi connectivity index (χ2v) is 17.1. The molecule has 0 unspecified atom stereocenters. The Labute approximate surface area is 365 Å². The minimum absolute atomic E-state index is 1.09. The fourth-order valence-electron chi connectivity index (χ4n) is 9.66. The molecule has 0 saturated carbocycles. The van der Waals surface area contributed by atoms with E-state index in [9.17, 15) is 0 Å². The molecular formula is C60H39NS. The van der Waals surface area contributed by atoms with Crippen LogP contribution in [0.15, 0.2) is 237 Å². The van der Waals surface area contributed by atoms with E-state index in [0.29, 0.717) is 0 Å². The van der Waals surface area contributed by atoms with E-state index in [-0.39, 0.29) is 0 Å². The molecule has 1 nitrogen and oxygen atoms in total. The summed E-state index contributed by atoms with van der Waals surface area (Å²) >= 11 is 1.86. The van der Waals surface area contributed by atoms with Gasteiger partial charge in [-0.1, -0.05) is 194 Å². The first-order valence-corrected chi connectivity index (χ1v) is 22.1. The highest BCUT2D eigenvalue weighted by Crippen LogP contribution is 2.47. The molecule has 11 aromatic carbocycles. The molecule has 0 fully saturated rings. The molecule has 1 aromatic heterocycles. The molecule has 0 amide bonds. The van der Waals surface area contributed by atoms with Crippen LogP contribution in [0.3, 0.4) is 0 Å². The molecule has 0 bridgehead atoms. The number of thiophene rings is 1. The lowest BCUT2D eigenvalue weighted by Gasteiger charge is -2.29. The number of nitrogens with zero attached hydrogens (tertiary/aromatic N) is 1. The van der Waals surface area contributed by atoms with E-state index < -0.39 is 0 Å². The van der Waals surface area contributed by atoms with Crippen molar-refractivity contribution in [2.24, 2.45) is 0 Å². The average Bonchev–Trinajstić information content (AvgIpc) is 3.73. The molecule has 12 aromatic rings. The van der Waals surface area contributed by atoms with Crippen LogP contribution in [0.25, 0.3) is 97.0 Å². The largest absolute Gasteiger partial charge is 0.310 e. The maximum absolute atomic E-state index is 2.45. The molecule has 12 rings (SSSR count). The molecule has 0 saturated heterocycles. The number of hydrogen-bond acceptors (Lipinski definition) is 2. The number of hydrogen-bond donors (Lipinski definition) is 0. The molecule has 0 N–H and O–H groups in total. The minimum atomic E-state index is 1.09. The lowest BCUT2D eigenvalue weighted by atomic mass is 9.90. The summed E-state index contributed by atoms with van der Waals surface area (Å²) in [5, 5.41) is 10.2. The molecule has 0 aliphatic carbocycles. The van der Waals surface area contributed by atoms with Gasteiger partial charge in [0, 0.05) is 37.1 Å². The number of rotatable bonds is 7. The molecule has 0 aliphatic heterocycles. The van der Waals surface area contributed by atoms with Gasteiger partial charge in [0.2, 0.25) is 0 Å². The summed E-state index contributed by atoms with van der Waals surface area (Å²) in [5.41, 5.74) is 13.0. The van der Waals surface area contributed by atoms with Crippen LogP contribution in [0.1, 0.15) is 0 Å². The Bertz CT molecular complexity index is 3630. The average molecular weight is 806 g/mol. The van der Waals surface area contributed by atoms with Crippen molar-refractivity contribution in [3.63, 3.8) is 0 Å². The van der Waals surface area contributed by atoms with Gasteiger partial charge in [-0.2, -0.15) is 0 Å². The fraction of sp³-hybridized carbons (Fsp3) is 0. The third kappa shape index (κ3) is 6.07. The smallest absolute Gasteiger partial charge is 0.0540 e. The van der Waals surface area contributed by atoms with E-state index in [1.807, 2.05) is 11.3 Å². The Morgan fingerprint density at radius 3 is 1.73 bits per heavy atom. The van der Waals surface area contributed by atoms with Crippen molar-refractivity contribution in [2.75, 3.05) is 4.90 Å². The molecule has 290 valence electrons. The molecule has 0 atom stereocenters. The Morgan fingerprint density at radius 2 is 0.855 bits per heavy atom. The van der Waals surface area contributed by atoms with Crippen LogP contribution in [0, 0.1) is 0 Å². The first-order valence-electron chi connectivity index (χ1n) is 21.3. The van der Waals surface area contributed by atoms with Gasteiger partial charge in [0.25, 0.3) is 0 Å². The van der Waals surface area contributed by atoms with Gasteiger partial charge >= 0.3 is 0 Å². The predicted molar refractivity (Wildman–Crippen MR) is 268 cm³/mol. The van der Waals surface area contributed by atoms with Gasteiger partial charge in [0.05, 0.1) is 5.69 Å². The molecular weight excluding hydrogens is 767 g/mol. The number of benzene rings is 11. The normalized spacial score (nSPS) is 11.5. The van der Waals surface area contributed by atoms with Gasteiger partial charge < -0.3 is 4.90 Å². The monoisotopic (exact) mass is 805 g/mol. The maximum atomic E-state index is 2.45. The van der Waals surface area contributed by atoms with E-state index in [4.69, 9.17) is 0 Å². The van der Waals surface area contributed by atoms with Crippen molar-refractivity contribution in [3.05, 3.63) is 237 Å². The number of fused-ring (bicyclic) bond motifs is 7. The van der Waals surface area contributed by atoms with Gasteiger partial charge in [-0.15, -0.1) is 11.3 Å². The van der Waals surface area contributed by atoms with Crippen LogP contribution < -0.4 is 4.90 Å². The molecule has 2 heteroatoms. The van der Waals surface area contributed by atoms with Crippen LogP contribution >= 0.6 is 11.3 Å². The Kier molecular flexibility index (Phi) is 8.76. The van der Waals surface area contributed by atoms with E-state index in [2.05, 4.69) is 241 Å². The lowest BCUT2D eigenvalue weighted by molar-refractivity contribution is 1.28. The maximum Gasteiger partial charge on any atom is 0.0540 e. The van der Waals surface area contributed by atoms with E-state index in [1.54, 1.807) is 0 Å². The zero-order chi connectivity index (χ0) is 41.0. The van der Waals surface area contributed by atoms with Crippen molar-refractivity contribution >= 4 is 80.9 Å². The van der Waals surface area contributed by atoms with Crippen molar-refractivity contribution in [3.8, 4) is 44.5 Å². The first kappa shape index (κ1) is 36.1. The van der Waals surface area contributed by atoms with Crippen LogP contribution in [-0.4, -0.2) is 0 Å². The first-order chi connectivity index (χ1) is 30.8. The Balaban J connectivity index is 1.06. The van der Waals surface area contributed by atoms with E-state index >= 15 is 0 Å². The zero-order valence-electron chi connectivity index (χ0n) is 33.9. The van der Waals surface area contributed by atoms with Crippen molar-refractivity contribution in [1.29, 1.82) is 0 Å². The highest BCUT2D eigenvalue weighted by Gasteiger charge is 2.21. The third-order valence-electron chi connectivity index (χ3n) is 12.5. The van der Waals surface area contributed by atoms with Gasteiger partial charge in [0.15, 0.2) is 0 Å². The Morgan fingerprint density at radius 1 is 0.274 bits per heavy atom. The summed E-state index contributed by atoms with van der Waals surface area (Å²) in [5.74, 6) is 0. The van der Waals surface area contributed by atoms with Gasteiger partial charge in [-0.25, -0.2) is 0 Å². The summed E-state index contributed by atoms with van der Waals surface area (Å²) in [6.07, 6.45) is 0. The summed E-state index contributed by atoms with van der Waals surface area (Å²) < 4.78 is 2.62. The van der Waals surface area contributed by atoms with Crippen molar-refractivity contribution in [1.82, 2.24) is 0 Å². The number of anilines is 3. The van der Waals surface area contributed by atoms with Gasteiger partial charge in [0.1, 0.15) is 0 Å². The zero-order valence-corrected chi connectivity index (χ0v) is 34.7. The lowest BCUT2D eigenvalue weighted by Crippen LogP contribution is -2.11. The molecule has 62 heavy (non-hydrogen) atoms. The third-order valence-corrected chi connectivity index (χ3v) is 13.6. The SMILES string of the molecule is c1ccc(-c2cccc3cccc(-c4ccccc4N(c4ccc(-c5cccc6c5ccc5ccccc56)cc4)c4cccc(-c5cccc6sc7ccccc7c56)c4)c23)cc1. The molecule has 1 heterocycles. The van der Waals surface area contributed by atoms with Crippen LogP contribution in [-0.2, 0) is 0 Å². The second-order valence-electron chi connectivity index (χ2n) is 16.0. The fourth-order valence-corrected chi connectivity index (χ4v) is 10.8. The van der Waals surface area contributed by atoms with Crippen molar-refractivity contribution < 1.29 is 0 Å². The molecule has 0 spiro atoms. The van der Waals surface area contributed by atoms with Gasteiger partial charge in [-0.05, 0) is 114 Å². The molecule has 0 aliphatic rings. The van der Waals surface area contributed by atoms with Crippen LogP contribution in [0.5, 0.6) is 0 Å². The quantitative estimate of drug-likeness (QED) is 0.145. The Hall–Kier alpha value is -7.78. The number of para-hydroxylation sites is 1. The summed E-state index contributed by atoms with van der Waals surface area (Å²) in [7, 11) is 0. The van der Waals surface area contributed by atoms with E-state index in [1.165, 1.54) is 97.0 Å². The molecule has 0 radical (unpaired) electrons.